The molecule has 1 N–H and O–H groups in total. The number of nitrogens with zero attached hydrogens (tertiary/aromatic N) is 5. The predicted octanol–water partition coefficient (Wildman–Crippen LogP) is 4.19. The lowest BCUT2D eigenvalue weighted by Gasteiger charge is -2.34. The minimum absolute atomic E-state index is 0.558. The van der Waals surface area contributed by atoms with Gasteiger partial charge in [0.1, 0.15) is 10.9 Å². The number of aryl methyl sites for hydroxylation is 2. The summed E-state index contributed by atoms with van der Waals surface area (Å²) < 4.78 is 0. The summed E-state index contributed by atoms with van der Waals surface area (Å²) in [4.78, 5) is 15.6. The molecule has 6 nitrogen and oxygen atoms in total. The van der Waals surface area contributed by atoms with Crippen molar-refractivity contribution in [2.45, 2.75) is 13.8 Å². The van der Waals surface area contributed by atoms with Crippen molar-refractivity contribution in [3.63, 3.8) is 0 Å². The lowest BCUT2D eigenvalue weighted by Crippen LogP contribution is -2.44. The molecule has 1 aliphatic heterocycles. The van der Waals surface area contributed by atoms with Gasteiger partial charge in [0.25, 0.3) is 0 Å². The van der Waals surface area contributed by atoms with E-state index in [0.29, 0.717) is 5.95 Å². The minimum Gasteiger partial charge on any atom is -0.369 e. The third kappa shape index (κ3) is 4.24. The van der Waals surface area contributed by atoms with E-state index >= 15 is 0 Å². The molecule has 148 valence electrons. The molecule has 0 radical (unpaired) electrons. The minimum atomic E-state index is 0.558. The van der Waals surface area contributed by atoms with Crippen molar-refractivity contribution in [1.29, 1.82) is 5.26 Å². The molecule has 0 atom stereocenters. The Morgan fingerprint density at radius 3 is 2.45 bits per heavy atom. The number of likely N-dealkylation sites (N-methyl/N-ethyl adjacent to an activating group) is 1. The summed E-state index contributed by atoms with van der Waals surface area (Å²) in [5.41, 5.74) is 5.04. The van der Waals surface area contributed by atoms with E-state index in [1.807, 2.05) is 26.1 Å². The second-order valence-corrected chi connectivity index (χ2v) is 8.47. The second kappa shape index (κ2) is 8.19. The summed E-state index contributed by atoms with van der Waals surface area (Å²) in [6.07, 6.45) is 1.82. The van der Waals surface area contributed by atoms with Crippen LogP contribution in [-0.2, 0) is 0 Å². The van der Waals surface area contributed by atoms with Gasteiger partial charge in [-0.3, -0.25) is 0 Å². The highest BCUT2D eigenvalue weighted by Gasteiger charge is 2.15. The van der Waals surface area contributed by atoms with Gasteiger partial charge in [-0.1, -0.05) is 0 Å². The normalized spacial score (nSPS) is 14.6. The molecule has 0 bridgehead atoms. The standard InChI is InChI=1S/C22H24N6S/c1-15-12-19(29-20(15)13-23)21-16(2)14-24-22(26-21)25-17-4-6-18(7-5-17)28-10-8-27(3)9-11-28/h4-7,12,14H,8-11H2,1-3H3,(H,24,25,26). The van der Waals surface area contributed by atoms with Crippen molar-refractivity contribution in [2.75, 3.05) is 43.4 Å². The van der Waals surface area contributed by atoms with E-state index in [-0.39, 0.29) is 0 Å². The van der Waals surface area contributed by atoms with Crippen LogP contribution in [0.5, 0.6) is 0 Å². The molecule has 0 unspecified atom stereocenters. The highest BCUT2D eigenvalue weighted by atomic mass is 32.1. The molecule has 1 aliphatic rings. The first-order chi connectivity index (χ1) is 14.0. The van der Waals surface area contributed by atoms with E-state index in [1.54, 1.807) is 0 Å². The van der Waals surface area contributed by atoms with Crippen molar-refractivity contribution in [1.82, 2.24) is 14.9 Å². The van der Waals surface area contributed by atoms with Crippen LogP contribution in [0.4, 0.5) is 17.3 Å². The molecule has 2 aromatic heterocycles. The lowest BCUT2D eigenvalue weighted by atomic mass is 10.2. The molecular weight excluding hydrogens is 380 g/mol. The van der Waals surface area contributed by atoms with Gasteiger partial charge in [-0.15, -0.1) is 11.3 Å². The Labute approximate surface area is 175 Å². The summed E-state index contributed by atoms with van der Waals surface area (Å²) in [6.45, 7) is 8.24. The number of aromatic nitrogens is 2. The van der Waals surface area contributed by atoms with Gasteiger partial charge in [-0.05, 0) is 62.4 Å². The summed E-state index contributed by atoms with van der Waals surface area (Å²) in [5.74, 6) is 0.558. The third-order valence-corrected chi connectivity index (χ3v) is 6.36. The molecule has 0 spiro atoms. The van der Waals surface area contributed by atoms with E-state index in [9.17, 15) is 5.26 Å². The molecule has 1 saturated heterocycles. The topological polar surface area (TPSA) is 68.1 Å². The molecule has 1 fully saturated rings. The molecule has 3 aromatic rings. The highest BCUT2D eigenvalue weighted by Crippen LogP contribution is 2.32. The van der Waals surface area contributed by atoms with Crippen LogP contribution in [0.2, 0.25) is 0 Å². The maximum Gasteiger partial charge on any atom is 0.227 e. The number of nitriles is 1. The van der Waals surface area contributed by atoms with Crippen LogP contribution < -0.4 is 10.2 Å². The fourth-order valence-electron chi connectivity index (χ4n) is 3.41. The summed E-state index contributed by atoms with van der Waals surface area (Å²) in [7, 11) is 2.17. The lowest BCUT2D eigenvalue weighted by molar-refractivity contribution is 0.313. The fourth-order valence-corrected chi connectivity index (χ4v) is 4.44. The third-order valence-electron chi connectivity index (χ3n) is 5.22. The molecule has 29 heavy (non-hydrogen) atoms. The predicted molar refractivity (Wildman–Crippen MR) is 119 cm³/mol. The first kappa shape index (κ1) is 19.4. The zero-order chi connectivity index (χ0) is 20.4. The summed E-state index contributed by atoms with van der Waals surface area (Å²) in [5, 5.41) is 12.5. The van der Waals surface area contributed by atoms with Crippen LogP contribution in [0.25, 0.3) is 10.6 Å². The fraction of sp³-hybridized carbons (Fsp3) is 0.318. The van der Waals surface area contributed by atoms with Crippen LogP contribution in [0.15, 0.2) is 36.5 Å². The molecule has 0 amide bonds. The maximum atomic E-state index is 9.24. The van der Waals surface area contributed by atoms with Crippen LogP contribution in [0, 0.1) is 25.2 Å². The average molecular weight is 405 g/mol. The molecule has 3 heterocycles. The van der Waals surface area contributed by atoms with Gasteiger partial charge >= 0.3 is 0 Å². The van der Waals surface area contributed by atoms with Crippen molar-refractivity contribution >= 4 is 28.7 Å². The van der Waals surface area contributed by atoms with Gasteiger partial charge in [-0.2, -0.15) is 5.26 Å². The average Bonchev–Trinajstić information content (AvgIpc) is 3.11. The zero-order valence-corrected chi connectivity index (χ0v) is 17.8. The first-order valence-electron chi connectivity index (χ1n) is 9.68. The smallest absolute Gasteiger partial charge is 0.227 e. The van der Waals surface area contributed by atoms with Crippen LogP contribution in [-0.4, -0.2) is 48.1 Å². The summed E-state index contributed by atoms with van der Waals surface area (Å²) >= 11 is 1.47. The van der Waals surface area contributed by atoms with E-state index in [1.165, 1.54) is 17.0 Å². The molecular formula is C22H24N6S. The van der Waals surface area contributed by atoms with Crippen molar-refractivity contribution in [3.05, 3.63) is 52.5 Å². The Morgan fingerprint density at radius 2 is 1.79 bits per heavy atom. The number of rotatable bonds is 4. The summed E-state index contributed by atoms with van der Waals surface area (Å²) in [6, 6.07) is 12.7. The van der Waals surface area contributed by atoms with Gasteiger partial charge in [0.05, 0.1) is 10.6 Å². The number of piperazine rings is 1. The van der Waals surface area contributed by atoms with E-state index in [4.69, 9.17) is 4.98 Å². The van der Waals surface area contributed by atoms with Crippen LogP contribution >= 0.6 is 11.3 Å². The second-order valence-electron chi connectivity index (χ2n) is 7.42. The molecule has 0 saturated carbocycles. The van der Waals surface area contributed by atoms with E-state index in [2.05, 4.69) is 57.5 Å². The molecule has 4 rings (SSSR count). The van der Waals surface area contributed by atoms with Crippen molar-refractivity contribution in [3.8, 4) is 16.6 Å². The van der Waals surface area contributed by atoms with E-state index < -0.39 is 0 Å². The molecule has 1 aromatic carbocycles. The van der Waals surface area contributed by atoms with Crippen molar-refractivity contribution in [2.24, 2.45) is 0 Å². The molecule has 0 aliphatic carbocycles. The number of hydrogen-bond acceptors (Lipinski definition) is 7. The monoisotopic (exact) mass is 404 g/mol. The number of thiophene rings is 1. The largest absolute Gasteiger partial charge is 0.369 e. The van der Waals surface area contributed by atoms with Gasteiger partial charge in [-0.25, -0.2) is 9.97 Å². The molecule has 7 heteroatoms. The Morgan fingerprint density at radius 1 is 1.07 bits per heavy atom. The van der Waals surface area contributed by atoms with Gasteiger partial charge in [0.2, 0.25) is 5.95 Å². The number of anilines is 3. The van der Waals surface area contributed by atoms with E-state index in [0.717, 1.165) is 58.4 Å². The van der Waals surface area contributed by atoms with Crippen molar-refractivity contribution < 1.29 is 0 Å². The Bertz CT molecular complexity index is 1040. The number of hydrogen-bond donors (Lipinski definition) is 1. The Kier molecular flexibility index (Phi) is 5.47. The highest BCUT2D eigenvalue weighted by molar-refractivity contribution is 7.16. The first-order valence-corrected chi connectivity index (χ1v) is 10.5. The Balaban J connectivity index is 1.51. The van der Waals surface area contributed by atoms with Crippen LogP contribution in [0.1, 0.15) is 16.0 Å². The maximum absolute atomic E-state index is 9.24. The SMILES string of the molecule is Cc1cnc(Nc2ccc(N3CCN(C)CC3)cc2)nc1-c1cc(C)c(C#N)s1. The van der Waals surface area contributed by atoms with Gasteiger partial charge in [0, 0.05) is 43.8 Å². The Hall–Kier alpha value is -2.95. The number of benzene rings is 1. The van der Waals surface area contributed by atoms with Gasteiger partial charge < -0.3 is 15.1 Å². The van der Waals surface area contributed by atoms with Crippen LogP contribution in [0.3, 0.4) is 0 Å². The quantitative estimate of drug-likeness (QED) is 0.703. The zero-order valence-electron chi connectivity index (χ0n) is 16.9. The van der Waals surface area contributed by atoms with Gasteiger partial charge in [0.15, 0.2) is 0 Å². The number of nitrogens with one attached hydrogen (secondary N) is 1.